The van der Waals surface area contributed by atoms with Crippen LogP contribution in [-0.2, 0) is 20.3 Å². The van der Waals surface area contributed by atoms with E-state index in [0.717, 1.165) is 17.1 Å². The number of benzene rings is 4. The average Bonchev–Trinajstić information content (AvgIpc) is 1.63. The zero-order chi connectivity index (χ0) is 69.1. The third-order valence-electron chi connectivity index (χ3n) is 17.0. The fraction of sp³-hybridized carbons (Fsp3) is 0.294. The zero-order valence-corrected chi connectivity index (χ0v) is 59.3. The summed E-state index contributed by atoms with van der Waals surface area (Å²) in [7, 11) is 1.10. The highest BCUT2D eigenvalue weighted by Gasteiger charge is 2.53. The number of pyridine rings is 4. The van der Waals surface area contributed by atoms with Crippen molar-refractivity contribution in [3.63, 3.8) is 0 Å². The first-order valence-corrected chi connectivity index (χ1v) is 33.9. The number of anilines is 4. The number of likely N-dealkylation sites (N-methyl/N-ethyl adjacent to an activating group) is 2. The van der Waals surface area contributed by atoms with Crippen LogP contribution in [0.1, 0.15) is 95.4 Å². The molecule has 500 valence electrons. The molecule has 8 amide bonds. The van der Waals surface area contributed by atoms with Gasteiger partial charge in [-0.2, -0.15) is 0 Å². The number of amides is 8. The lowest BCUT2D eigenvalue weighted by Gasteiger charge is -2.32. The number of hydrogen-bond acceptors (Lipinski definition) is 11. The summed E-state index contributed by atoms with van der Waals surface area (Å²) in [5.74, 6) is -1.70. The van der Waals surface area contributed by atoms with Gasteiger partial charge in [-0.05, 0) is 212 Å². The highest BCUT2D eigenvalue weighted by atomic mass is 79.9. The Morgan fingerprint density at radius 1 is 0.490 bits per heavy atom. The van der Waals surface area contributed by atoms with E-state index in [0.29, 0.717) is 67.0 Å². The number of urea groups is 4. The van der Waals surface area contributed by atoms with Gasteiger partial charge in [0.25, 0.3) is 0 Å². The molecule has 5 aliphatic heterocycles. The van der Waals surface area contributed by atoms with E-state index in [4.69, 9.17) is 9.31 Å². The predicted molar refractivity (Wildman–Crippen MR) is 372 cm³/mol. The number of halogens is 7. The van der Waals surface area contributed by atoms with Crippen molar-refractivity contribution in [1.29, 1.82) is 0 Å². The Bertz CT molecular complexity index is 4170. The lowest BCUT2D eigenvalue weighted by molar-refractivity contribution is 0.00578. The fourth-order valence-electron chi connectivity index (χ4n) is 10.9. The fourth-order valence-corrected chi connectivity index (χ4v) is 12.9. The molecule has 28 heteroatoms. The summed E-state index contributed by atoms with van der Waals surface area (Å²) < 4.78 is 82.9. The van der Waals surface area contributed by atoms with Crippen molar-refractivity contribution < 1.29 is 50.3 Å². The zero-order valence-electron chi connectivity index (χ0n) is 53.7. The number of nitrogens with zero attached hydrogens (tertiary/aromatic N) is 11. The molecule has 96 heavy (non-hydrogen) atoms. The molecule has 8 aromatic rings. The monoisotopic (exact) mass is 1520 g/mol. The third kappa shape index (κ3) is 15.3. The molecular formula is C68H68BBr3F4N12O7S. The topological polar surface area (TPSA) is 190 Å². The van der Waals surface area contributed by atoms with Gasteiger partial charge in [-0.25, -0.2) is 45.3 Å². The van der Waals surface area contributed by atoms with E-state index in [1.165, 1.54) is 38.4 Å². The van der Waals surface area contributed by atoms with Crippen molar-refractivity contribution >= 4 is 118 Å². The maximum atomic E-state index is 15.0. The Labute approximate surface area is 582 Å². The van der Waals surface area contributed by atoms with Crippen molar-refractivity contribution in [2.45, 2.75) is 88.6 Å². The molecule has 0 saturated carbocycles. The summed E-state index contributed by atoms with van der Waals surface area (Å²) in [6, 6.07) is 38.7. The van der Waals surface area contributed by atoms with Gasteiger partial charge < -0.3 is 24.4 Å². The van der Waals surface area contributed by atoms with E-state index in [2.05, 4.69) is 73.0 Å². The largest absolute Gasteiger partial charge is 0.497 e. The minimum absolute atomic E-state index is 0.134. The standard InChI is InChI=1S/C21H25BFN3O3.C18H19BrFN3O2S.C15H13BrFN3O.C14H11BrFN3O/c1-20(2)21(3,4)29-22(28-20)15-10-9-14(12-16(15)23)26-13-18(25(5)19(26)27)17-8-6-7-11-24-17;1-18(2,3)26(25)23-16(15-6-4-5-9-21-15)11-22(17(23)24)12-7-8-13(19)14(20)10-12;1-19-14(13-4-2-3-7-18-13)9-20(15(19)21)10-5-6-11(16)12(17)8-10;15-10-5-4-9(7-11(10)16)19-8-13(18-14(19)20)12-3-1-2-6-17-12/h6-12,18H,13H2,1-5H3;4-10,16H,11H2,1-3H3;2-8,14H,9H2,1H3;1-7,13H,8H2,(H,18,20). The Morgan fingerprint density at radius 3 is 1.22 bits per heavy atom. The molecule has 0 spiro atoms. The van der Waals surface area contributed by atoms with Gasteiger partial charge >= 0.3 is 31.2 Å². The van der Waals surface area contributed by atoms with Gasteiger partial charge in [0, 0.05) is 67.1 Å². The van der Waals surface area contributed by atoms with Crippen LogP contribution in [0.2, 0.25) is 0 Å². The molecule has 5 unspecified atom stereocenters. The lowest BCUT2D eigenvalue weighted by atomic mass is 9.78. The first-order chi connectivity index (χ1) is 45.5. The quantitative estimate of drug-likeness (QED) is 0.101. The van der Waals surface area contributed by atoms with Crippen molar-refractivity contribution in [1.82, 2.24) is 39.4 Å². The summed E-state index contributed by atoms with van der Waals surface area (Å²) in [6.07, 6.45) is 6.73. The number of carbonyl (C=O) groups excluding carboxylic acids is 4. The maximum Gasteiger partial charge on any atom is 0.497 e. The summed E-state index contributed by atoms with van der Waals surface area (Å²) in [6.45, 7) is 14.7. The Hall–Kier alpha value is -8.15. The minimum atomic E-state index is -1.58. The van der Waals surface area contributed by atoms with E-state index in [1.807, 2.05) is 109 Å². The molecule has 19 nitrogen and oxygen atoms in total. The van der Waals surface area contributed by atoms with Gasteiger partial charge in [0.15, 0.2) is 0 Å². The van der Waals surface area contributed by atoms with Gasteiger partial charge in [-0.1, -0.05) is 30.3 Å². The van der Waals surface area contributed by atoms with Crippen molar-refractivity contribution in [3.05, 3.63) is 230 Å². The smallest absolute Gasteiger partial charge is 0.399 e. The SMILES string of the molecule is CC(C)(C)S(=O)N1C(=O)N(c2ccc(Br)c(F)c2)CC1c1ccccn1.CN1C(=O)N(c2ccc(B3OC(C)(C)C(C)(C)O3)c(F)c2)CC1c1ccccn1.CN1C(=O)N(c2ccc(Br)c(F)c2)CC1c1ccccn1.O=C1NC(c2ccccn2)CN1c1ccc(Br)c(F)c1. The first kappa shape index (κ1) is 70.6. The van der Waals surface area contributed by atoms with Crippen LogP contribution in [0, 0.1) is 23.3 Å². The Balaban J connectivity index is 0.000000141. The molecule has 0 bridgehead atoms. The van der Waals surface area contributed by atoms with Crippen molar-refractivity contribution in [3.8, 4) is 0 Å². The van der Waals surface area contributed by atoms with Gasteiger partial charge in [0.1, 0.15) is 40.3 Å². The van der Waals surface area contributed by atoms with Gasteiger partial charge in [-0.15, -0.1) is 0 Å². The Morgan fingerprint density at radius 2 is 0.844 bits per heavy atom. The highest BCUT2D eigenvalue weighted by molar-refractivity contribution is 9.11. The second kappa shape index (κ2) is 29.3. The number of carbonyl (C=O) groups is 4. The summed E-state index contributed by atoms with van der Waals surface area (Å²) in [5, 5.41) is 2.84. The van der Waals surface area contributed by atoms with Gasteiger partial charge in [-0.3, -0.25) is 39.5 Å². The van der Waals surface area contributed by atoms with Crippen LogP contribution in [0.3, 0.4) is 0 Å². The molecule has 5 fully saturated rings. The van der Waals surface area contributed by atoms with Crippen LogP contribution in [0.5, 0.6) is 0 Å². The van der Waals surface area contributed by atoms with Crippen LogP contribution < -0.4 is 30.4 Å². The molecule has 0 radical (unpaired) electrons. The Kier molecular flexibility index (Phi) is 21.6. The molecule has 4 aromatic heterocycles. The molecule has 5 aliphatic rings. The third-order valence-corrected chi connectivity index (χ3v) is 20.7. The molecule has 13 rings (SSSR count). The van der Waals surface area contributed by atoms with E-state index < -0.39 is 63.6 Å². The summed E-state index contributed by atoms with van der Waals surface area (Å²) in [4.78, 5) is 76.8. The van der Waals surface area contributed by atoms with E-state index >= 15 is 0 Å². The predicted octanol–water partition coefficient (Wildman–Crippen LogP) is 14.4. The van der Waals surface area contributed by atoms with Crippen LogP contribution in [0.4, 0.5) is 59.5 Å². The van der Waals surface area contributed by atoms with Crippen LogP contribution in [0.15, 0.2) is 184 Å². The number of hydrogen-bond donors (Lipinski definition) is 1. The molecule has 1 N–H and O–H groups in total. The van der Waals surface area contributed by atoms with E-state index in [9.17, 15) is 40.9 Å². The number of aromatic nitrogens is 4. The first-order valence-electron chi connectivity index (χ1n) is 30.4. The molecule has 5 saturated heterocycles. The second-order valence-corrected chi connectivity index (χ2v) is 29.5. The number of nitrogens with one attached hydrogen (secondary N) is 1. The molecular weight excluding hydrogens is 1460 g/mol. The average molecular weight is 1520 g/mol. The van der Waals surface area contributed by atoms with Gasteiger partial charge in [0.2, 0.25) is 0 Å². The van der Waals surface area contributed by atoms with Crippen LogP contribution in [0.25, 0.3) is 0 Å². The van der Waals surface area contributed by atoms with Crippen molar-refractivity contribution in [2.24, 2.45) is 0 Å². The van der Waals surface area contributed by atoms with E-state index in [1.54, 1.807) is 119 Å². The summed E-state index contributed by atoms with van der Waals surface area (Å²) >= 11 is 9.33. The maximum absolute atomic E-state index is 15.0. The molecule has 0 aliphatic carbocycles. The van der Waals surface area contributed by atoms with Crippen LogP contribution in [-0.4, -0.2) is 126 Å². The lowest BCUT2D eigenvalue weighted by Crippen LogP contribution is -2.41. The molecule has 9 heterocycles. The number of rotatable bonds is 10. The highest BCUT2D eigenvalue weighted by Crippen LogP contribution is 2.40. The molecule has 5 atom stereocenters. The second-order valence-electron chi connectivity index (χ2n) is 24.9. The van der Waals surface area contributed by atoms with E-state index in [-0.39, 0.29) is 48.6 Å². The molecule has 4 aromatic carbocycles. The van der Waals surface area contributed by atoms with Crippen molar-refractivity contribution in [2.75, 3.05) is 59.9 Å². The van der Waals surface area contributed by atoms with Crippen LogP contribution >= 0.6 is 47.8 Å². The summed E-state index contributed by atoms with van der Waals surface area (Å²) in [5.41, 5.74) is 4.30. The minimum Gasteiger partial charge on any atom is -0.399 e. The normalized spacial score (nSPS) is 20.0. The van der Waals surface area contributed by atoms with Gasteiger partial charge in [0.05, 0.1) is 96.4 Å².